The maximum absolute atomic E-state index is 12.7. The van der Waals surface area contributed by atoms with Gasteiger partial charge >= 0.3 is 6.09 Å². The van der Waals surface area contributed by atoms with Crippen LogP contribution in [0.4, 0.5) is 4.79 Å². The monoisotopic (exact) mass is 584 g/mol. The molecule has 0 bridgehead atoms. The summed E-state index contributed by atoms with van der Waals surface area (Å²) in [5, 5.41) is 5.66. The van der Waals surface area contributed by atoms with Crippen LogP contribution >= 0.6 is 0 Å². The van der Waals surface area contributed by atoms with Gasteiger partial charge in [0.05, 0.1) is 0 Å². The summed E-state index contributed by atoms with van der Waals surface area (Å²) in [6, 6.07) is 21.5. The molecule has 2 N–H and O–H groups in total. The number of ether oxygens (including phenoxy) is 1. The Morgan fingerprint density at radius 3 is 1.98 bits per heavy atom. The molecule has 0 radical (unpaired) electrons. The minimum Gasteiger partial charge on any atom is -0.445 e. The summed E-state index contributed by atoms with van der Waals surface area (Å²) in [6.07, 6.45) is 3.61. The van der Waals surface area contributed by atoms with Crippen molar-refractivity contribution in [1.29, 1.82) is 0 Å². The molecule has 0 saturated heterocycles. The minimum absolute atomic E-state index is 0.0285. The fourth-order valence-corrected chi connectivity index (χ4v) is 5.14. The van der Waals surface area contributed by atoms with E-state index in [1.165, 1.54) is 0 Å². The first-order valence-corrected chi connectivity index (χ1v) is 15.0. The number of Topliss-reactive ketones (excluding diaryl/α,β-unsaturated/α-hetero) is 2. The van der Waals surface area contributed by atoms with Crippen molar-refractivity contribution in [3.63, 3.8) is 0 Å². The number of carbonyl (C=O) groups is 4. The van der Waals surface area contributed by atoms with Gasteiger partial charge in [-0.25, -0.2) is 4.79 Å². The fourth-order valence-electron chi connectivity index (χ4n) is 5.14. The average molecular weight is 585 g/mol. The summed E-state index contributed by atoms with van der Waals surface area (Å²) >= 11 is 0. The molecule has 3 rings (SSSR count). The van der Waals surface area contributed by atoms with Crippen LogP contribution in [0.2, 0.25) is 0 Å². The third-order valence-electron chi connectivity index (χ3n) is 7.67. The number of hydrogen-bond donors (Lipinski definition) is 2. The van der Waals surface area contributed by atoms with Crippen molar-refractivity contribution in [2.45, 2.75) is 72.8 Å². The van der Waals surface area contributed by atoms with Crippen LogP contribution in [0.15, 0.2) is 66.7 Å². The van der Waals surface area contributed by atoms with Crippen LogP contribution in [0.1, 0.15) is 88.1 Å². The maximum atomic E-state index is 12.7. The number of ketones is 2. The predicted molar refractivity (Wildman–Crippen MR) is 169 cm³/mol. The summed E-state index contributed by atoms with van der Waals surface area (Å²) in [6.45, 7) is 8.13. The lowest BCUT2D eigenvalue weighted by Gasteiger charge is -2.18. The third kappa shape index (κ3) is 11.5. The second-order valence-electron chi connectivity index (χ2n) is 11.3. The summed E-state index contributed by atoms with van der Waals surface area (Å²) in [4.78, 5) is 48.7. The van der Waals surface area contributed by atoms with Gasteiger partial charge in [-0.1, -0.05) is 54.6 Å². The Morgan fingerprint density at radius 2 is 1.33 bits per heavy atom. The number of carbonyl (C=O) groups excluding carboxylic acids is 4. The molecule has 0 aliphatic rings. The van der Waals surface area contributed by atoms with Crippen LogP contribution in [0.25, 0.3) is 0 Å². The first kappa shape index (κ1) is 33.2. The van der Waals surface area contributed by atoms with E-state index in [-0.39, 0.29) is 30.0 Å². The first-order valence-electron chi connectivity index (χ1n) is 15.0. The summed E-state index contributed by atoms with van der Waals surface area (Å²) in [7, 11) is 0. The summed E-state index contributed by atoms with van der Waals surface area (Å²) in [5.41, 5.74) is 6.52. The van der Waals surface area contributed by atoms with E-state index in [0.29, 0.717) is 32.4 Å². The Labute approximate surface area is 255 Å². The molecule has 2 amide bonds. The van der Waals surface area contributed by atoms with Crippen molar-refractivity contribution in [3.05, 3.63) is 106 Å². The van der Waals surface area contributed by atoms with Gasteiger partial charge in [0.15, 0.2) is 11.6 Å². The number of aryl methyl sites for hydroxylation is 3. The van der Waals surface area contributed by atoms with Crippen LogP contribution in [-0.4, -0.2) is 36.7 Å². The lowest BCUT2D eigenvalue weighted by atomic mass is 9.87. The molecule has 0 heterocycles. The van der Waals surface area contributed by atoms with E-state index >= 15 is 0 Å². The largest absolute Gasteiger partial charge is 0.445 e. The van der Waals surface area contributed by atoms with Gasteiger partial charge in [0.25, 0.3) is 0 Å². The summed E-state index contributed by atoms with van der Waals surface area (Å²) < 4.78 is 5.20. The van der Waals surface area contributed by atoms with Gasteiger partial charge in [-0.3, -0.25) is 14.4 Å². The first-order chi connectivity index (χ1) is 20.6. The quantitative estimate of drug-likeness (QED) is 0.144. The normalized spacial score (nSPS) is 11.4. The van der Waals surface area contributed by atoms with E-state index in [1.54, 1.807) is 13.8 Å². The number of benzene rings is 3. The van der Waals surface area contributed by atoms with Crippen LogP contribution in [0, 0.1) is 19.8 Å². The molecular weight excluding hydrogens is 540 g/mol. The highest BCUT2D eigenvalue weighted by Gasteiger charge is 2.15. The highest BCUT2D eigenvalue weighted by molar-refractivity contribution is 5.96. The highest BCUT2D eigenvalue weighted by Crippen LogP contribution is 2.23. The standard InChI is InChI=1S/C36H44N2O5/c1-25-11-13-30(22-33(25)27(3)39)16-15-29(21-32-14-12-26(2)34(23-32)28(4)40)17-18-35(41)37-19-8-20-38-36(42)43-24-31-9-6-5-7-10-31/h5-7,9-14,22-23,29H,8,15-21,24H2,1-4H3,(H,37,41)(H,38,42). The Hall–Kier alpha value is -4.26. The number of alkyl carbamates (subject to hydrolysis) is 1. The van der Waals surface area contributed by atoms with Crippen molar-refractivity contribution < 1.29 is 23.9 Å². The van der Waals surface area contributed by atoms with Crippen molar-refractivity contribution in [2.24, 2.45) is 5.92 Å². The smallest absolute Gasteiger partial charge is 0.407 e. The van der Waals surface area contributed by atoms with Gasteiger partial charge in [0.2, 0.25) is 5.91 Å². The van der Waals surface area contributed by atoms with E-state index in [1.807, 2.05) is 68.4 Å². The molecule has 7 nitrogen and oxygen atoms in total. The summed E-state index contributed by atoms with van der Waals surface area (Å²) in [5.74, 6) is 0.296. The maximum Gasteiger partial charge on any atom is 0.407 e. The van der Waals surface area contributed by atoms with Gasteiger partial charge in [0.1, 0.15) is 6.61 Å². The predicted octanol–water partition coefficient (Wildman–Crippen LogP) is 6.71. The molecule has 0 saturated carbocycles. The second kappa shape index (κ2) is 17.0. The molecule has 0 aliphatic carbocycles. The zero-order valence-corrected chi connectivity index (χ0v) is 25.8. The Balaban J connectivity index is 1.49. The van der Waals surface area contributed by atoms with Gasteiger partial charge in [-0.2, -0.15) is 0 Å². The van der Waals surface area contributed by atoms with Gasteiger partial charge in [0, 0.05) is 30.6 Å². The molecule has 3 aromatic carbocycles. The van der Waals surface area contributed by atoms with Crippen LogP contribution in [0.5, 0.6) is 0 Å². The zero-order valence-electron chi connectivity index (χ0n) is 25.8. The molecule has 0 aliphatic heterocycles. The van der Waals surface area contributed by atoms with Crippen LogP contribution in [-0.2, 0) is 29.0 Å². The third-order valence-corrected chi connectivity index (χ3v) is 7.67. The molecule has 0 aromatic heterocycles. The molecule has 7 heteroatoms. The molecule has 1 unspecified atom stereocenters. The second-order valence-corrected chi connectivity index (χ2v) is 11.3. The number of amides is 2. The fraction of sp³-hybridized carbons (Fsp3) is 0.389. The van der Waals surface area contributed by atoms with E-state index in [4.69, 9.17) is 4.74 Å². The molecule has 228 valence electrons. The Morgan fingerprint density at radius 1 is 0.721 bits per heavy atom. The Bertz CT molecular complexity index is 1400. The van der Waals surface area contributed by atoms with Crippen molar-refractivity contribution in [2.75, 3.05) is 13.1 Å². The molecule has 0 fully saturated rings. The Kier molecular flexibility index (Phi) is 13.1. The van der Waals surface area contributed by atoms with Crippen molar-refractivity contribution in [1.82, 2.24) is 10.6 Å². The van der Waals surface area contributed by atoms with Gasteiger partial charge in [-0.15, -0.1) is 0 Å². The van der Waals surface area contributed by atoms with Crippen LogP contribution in [0.3, 0.4) is 0 Å². The molecule has 43 heavy (non-hydrogen) atoms. The SMILES string of the molecule is CC(=O)c1cc(CCC(CCC(=O)NCCCNC(=O)OCc2ccccc2)Cc2ccc(C)c(C(C)=O)c2)ccc1C. The van der Waals surface area contributed by atoms with E-state index < -0.39 is 6.09 Å². The van der Waals surface area contributed by atoms with Gasteiger partial charge in [-0.05, 0) is 106 Å². The van der Waals surface area contributed by atoms with Crippen molar-refractivity contribution >= 4 is 23.6 Å². The number of nitrogens with one attached hydrogen (secondary N) is 2. The minimum atomic E-state index is -0.481. The molecule has 1 atom stereocenters. The average Bonchev–Trinajstić information content (AvgIpc) is 2.99. The number of rotatable bonds is 16. The van der Waals surface area contributed by atoms with Crippen LogP contribution < -0.4 is 10.6 Å². The van der Waals surface area contributed by atoms with Crippen molar-refractivity contribution in [3.8, 4) is 0 Å². The van der Waals surface area contributed by atoms with E-state index in [0.717, 1.165) is 58.2 Å². The zero-order chi connectivity index (χ0) is 31.2. The van der Waals surface area contributed by atoms with E-state index in [9.17, 15) is 19.2 Å². The molecule has 3 aromatic rings. The molecular formula is C36H44N2O5. The highest BCUT2D eigenvalue weighted by atomic mass is 16.5. The number of hydrogen-bond acceptors (Lipinski definition) is 5. The van der Waals surface area contributed by atoms with E-state index in [2.05, 4.69) is 22.8 Å². The van der Waals surface area contributed by atoms with Gasteiger partial charge < -0.3 is 15.4 Å². The lowest BCUT2D eigenvalue weighted by Crippen LogP contribution is -2.30. The lowest BCUT2D eigenvalue weighted by molar-refractivity contribution is -0.121. The molecule has 0 spiro atoms. The topological polar surface area (TPSA) is 102 Å².